The molecule has 2 heterocycles. The van der Waals surface area contributed by atoms with E-state index in [9.17, 15) is 42.3 Å². The van der Waals surface area contributed by atoms with Crippen molar-refractivity contribution in [1.82, 2.24) is 20.5 Å². The molecule has 13 nitrogen and oxygen atoms in total. The highest BCUT2D eigenvalue weighted by Gasteiger charge is 2.64. The summed E-state index contributed by atoms with van der Waals surface area (Å²) in [7, 11) is 2.17. The molecule has 4 N–H and O–H groups in total. The number of phenols is 1. The van der Waals surface area contributed by atoms with Crippen LogP contribution in [0, 0.1) is 11.8 Å². The Kier molecular flexibility index (Phi) is 15.5. The lowest BCUT2D eigenvalue weighted by Gasteiger charge is -2.36. The molecule has 3 aromatic carbocycles. The number of rotatable bonds is 7. The number of halogens is 4. The molecule has 0 bridgehead atoms. The van der Waals surface area contributed by atoms with Gasteiger partial charge in [0.2, 0.25) is 17.7 Å². The van der Waals surface area contributed by atoms with Crippen LogP contribution in [0.3, 0.4) is 0 Å². The number of aromatic nitrogens is 1. The first-order valence-corrected chi connectivity index (χ1v) is 21.1. The summed E-state index contributed by atoms with van der Waals surface area (Å²) < 4.78 is 61.9. The molecule has 0 unspecified atom stereocenters. The van der Waals surface area contributed by atoms with Gasteiger partial charge in [0.25, 0.3) is 5.60 Å². The molecule has 63 heavy (non-hydrogen) atoms. The molecule has 1 aliphatic rings. The number of carbonyl (C=O) groups excluding carboxylic acids is 5. The van der Waals surface area contributed by atoms with Crippen LogP contribution in [-0.4, -0.2) is 89.3 Å². The van der Waals surface area contributed by atoms with Crippen molar-refractivity contribution in [3.63, 3.8) is 0 Å². The largest absolute Gasteiger partial charge is 0.508 e. The van der Waals surface area contributed by atoms with Crippen LogP contribution in [-0.2, 0) is 50.2 Å². The molecular weight excluding hydrogens is 889 g/mol. The van der Waals surface area contributed by atoms with E-state index in [0.717, 1.165) is 30.1 Å². The second-order valence-electron chi connectivity index (χ2n) is 16.1. The Hall–Kier alpha value is -5.68. The Balaban J connectivity index is 1.53. The molecule has 4 aromatic rings. The Morgan fingerprint density at radius 1 is 0.921 bits per heavy atom. The summed E-state index contributed by atoms with van der Waals surface area (Å²) in [4.78, 5) is 74.5. The minimum atomic E-state index is -5.28. The number of hydrogen-bond donors (Lipinski definition) is 4. The number of benzene rings is 3. The average molecular weight is 942 g/mol. The number of esters is 2. The van der Waals surface area contributed by atoms with Crippen LogP contribution in [0.1, 0.15) is 69.7 Å². The first-order valence-electron chi connectivity index (χ1n) is 20.3. The summed E-state index contributed by atoms with van der Waals surface area (Å²) in [6.07, 6.45) is -8.29. The average Bonchev–Trinajstić information content (AvgIpc) is 3.54. The monoisotopic (exact) mass is 940 g/mol. The van der Waals surface area contributed by atoms with Gasteiger partial charge in [-0.25, -0.2) is 4.79 Å². The number of nitrogens with zero attached hydrogens (tertiary/aromatic N) is 1. The fraction of sp³-hybridized carbons (Fsp3) is 0.413. The van der Waals surface area contributed by atoms with Crippen molar-refractivity contribution in [1.29, 1.82) is 0 Å². The zero-order valence-electron chi connectivity index (χ0n) is 35.8. The van der Waals surface area contributed by atoms with E-state index in [1.165, 1.54) is 68.3 Å². The number of cyclic esters (lactones) is 1. The number of likely N-dealkylation sites (N-methyl/N-ethyl adjacent to an activating group) is 1. The molecule has 1 aromatic heterocycles. The number of fused-ring (bicyclic) bond motifs is 1. The van der Waals surface area contributed by atoms with Gasteiger partial charge in [0.05, 0.1) is 23.2 Å². The van der Waals surface area contributed by atoms with Gasteiger partial charge in [0.1, 0.15) is 23.9 Å². The van der Waals surface area contributed by atoms with E-state index in [1.807, 2.05) is 24.3 Å². The van der Waals surface area contributed by atoms with Gasteiger partial charge in [0, 0.05) is 48.9 Å². The standard InChI is InChI=1S/C46H52BrF3N4O9/c1-25-21-27(3)41(57)51-29(5)43(59)54(6)37(23-34-33-15-11-12-16-35(33)52-40(34)47)42(58)53-36(30-17-19-32(55)20-18-30)24-38(56)62-28(4)22-26(2)39(25)63-44(60)45(61-7,46(48,49)50)31-13-9-8-10-14-31/h8-20,26-29,36-37,39,52,55H,1,21-24H2,2-7H3,(H,51,57)(H,53,58)/t26-,27+,28+,29+,36-,37-,39-,45+/m1/s1. The lowest BCUT2D eigenvalue weighted by molar-refractivity contribution is -0.278. The van der Waals surface area contributed by atoms with Crippen molar-refractivity contribution in [2.45, 2.75) is 95.5 Å². The van der Waals surface area contributed by atoms with Crippen LogP contribution in [0.5, 0.6) is 5.75 Å². The lowest BCUT2D eigenvalue weighted by atomic mass is 9.87. The maximum absolute atomic E-state index is 14.9. The summed E-state index contributed by atoms with van der Waals surface area (Å²) in [6.45, 7) is 10.2. The van der Waals surface area contributed by atoms with Crippen LogP contribution in [0.2, 0.25) is 0 Å². The summed E-state index contributed by atoms with van der Waals surface area (Å²) in [6, 6.07) is 16.1. The molecule has 3 amide bonds. The number of ether oxygens (including phenoxy) is 3. The van der Waals surface area contributed by atoms with Crippen molar-refractivity contribution < 1.29 is 56.5 Å². The molecular formula is C46H52BrF3N4O9. The molecule has 338 valence electrons. The summed E-state index contributed by atoms with van der Waals surface area (Å²) in [5.74, 6) is -6.29. The van der Waals surface area contributed by atoms with Crippen LogP contribution in [0.15, 0.2) is 95.6 Å². The molecule has 17 heteroatoms. The Morgan fingerprint density at radius 3 is 2.19 bits per heavy atom. The first-order chi connectivity index (χ1) is 29.7. The molecule has 1 aliphatic heterocycles. The summed E-state index contributed by atoms with van der Waals surface area (Å²) in [5, 5.41) is 16.4. The Bertz CT molecular complexity index is 2310. The van der Waals surface area contributed by atoms with Crippen molar-refractivity contribution in [2.24, 2.45) is 11.8 Å². The normalized spacial score (nSPS) is 24.9. The number of methoxy groups -OCH3 is 1. The Morgan fingerprint density at radius 2 is 1.56 bits per heavy atom. The van der Waals surface area contributed by atoms with Gasteiger partial charge < -0.3 is 39.8 Å². The van der Waals surface area contributed by atoms with Gasteiger partial charge in [0.15, 0.2) is 0 Å². The maximum Gasteiger partial charge on any atom is 0.432 e. The van der Waals surface area contributed by atoms with Gasteiger partial charge in [-0.05, 0) is 77.5 Å². The Labute approximate surface area is 371 Å². The minimum Gasteiger partial charge on any atom is -0.508 e. The number of H-pyrrole nitrogens is 1. The van der Waals surface area contributed by atoms with E-state index in [1.54, 1.807) is 13.8 Å². The van der Waals surface area contributed by atoms with Gasteiger partial charge in [-0.1, -0.05) is 81.1 Å². The predicted octanol–water partition coefficient (Wildman–Crippen LogP) is 7.33. The number of hydrogen-bond acceptors (Lipinski definition) is 9. The number of para-hydroxylation sites is 1. The van der Waals surface area contributed by atoms with Gasteiger partial charge in [-0.15, -0.1) is 0 Å². The number of carbonyl (C=O) groups is 5. The fourth-order valence-corrected chi connectivity index (χ4v) is 8.58. The maximum atomic E-state index is 14.9. The van der Waals surface area contributed by atoms with Crippen LogP contribution >= 0.6 is 15.9 Å². The lowest BCUT2D eigenvalue weighted by Crippen LogP contribution is -2.55. The molecule has 1 saturated heterocycles. The van der Waals surface area contributed by atoms with E-state index in [0.29, 0.717) is 15.7 Å². The third kappa shape index (κ3) is 10.9. The predicted molar refractivity (Wildman–Crippen MR) is 231 cm³/mol. The van der Waals surface area contributed by atoms with E-state index in [-0.39, 0.29) is 30.6 Å². The van der Waals surface area contributed by atoms with Crippen LogP contribution < -0.4 is 10.6 Å². The van der Waals surface area contributed by atoms with Crippen molar-refractivity contribution in [2.75, 3.05) is 14.2 Å². The number of aromatic amines is 1. The fourth-order valence-electron chi connectivity index (χ4n) is 7.99. The smallest absolute Gasteiger partial charge is 0.432 e. The SMILES string of the molecule is C=C1C[C@H](C)C(=O)N[C@@H](C)C(=O)N(C)[C@H](Cc2c(Br)[nH]c3ccccc23)C(=O)N[C@@H](c2ccc(O)cc2)CC(=O)O[C@@H](C)C[C@@H](C)[C@@H]1OC(=O)[C@@](OC)(c1ccccc1)C(F)(F)F. The minimum absolute atomic E-state index is 0.000304. The molecule has 8 atom stereocenters. The van der Waals surface area contributed by atoms with Crippen molar-refractivity contribution in [3.8, 4) is 5.75 Å². The van der Waals surface area contributed by atoms with E-state index in [2.05, 4.69) is 38.1 Å². The molecule has 0 aliphatic carbocycles. The molecule has 1 fully saturated rings. The number of nitrogens with one attached hydrogen (secondary N) is 3. The quantitative estimate of drug-likeness (QED) is 0.109. The zero-order valence-corrected chi connectivity index (χ0v) is 37.3. The van der Waals surface area contributed by atoms with E-state index in [4.69, 9.17) is 14.2 Å². The summed E-state index contributed by atoms with van der Waals surface area (Å²) in [5.41, 5.74) is -2.08. The van der Waals surface area contributed by atoms with Crippen molar-refractivity contribution >= 4 is 56.5 Å². The van der Waals surface area contributed by atoms with Gasteiger partial charge in [-0.2, -0.15) is 13.2 Å². The zero-order chi connectivity index (χ0) is 46.4. The molecule has 0 saturated carbocycles. The van der Waals surface area contributed by atoms with Crippen molar-refractivity contribution in [3.05, 3.63) is 112 Å². The van der Waals surface area contributed by atoms with E-state index < -0.39 is 95.6 Å². The topological polar surface area (TPSA) is 176 Å². The molecule has 5 rings (SSSR count). The molecule has 0 radical (unpaired) electrons. The van der Waals surface area contributed by atoms with Gasteiger partial charge >= 0.3 is 18.1 Å². The second kappa shape index (κ2) is 20.2. The van der Waals surface area contributed by atoms with E-state index >= 15 is 0 Å². The third-order valence-corrected chi connectivity index (χ3v) is 12.0. The van der Waals surface area contributed by atoms with Crippen LogP contribution in [0.25, 0.3) is 10.9 Å². The highest BCUT2D eigenvalue weighted by Crippen LogP contribution is 2.44. The highest BCUT2D eigenvalue weighted by molar-refractivity contribution is 9.10. The molecule has 0 spiro atoms. The second-order valence-corrected chi connectivity index (χ2v) is 16.9. The third-order valence-electron chi connectivity index (χ3n) is 11.4. The van der Waals surface area contributed by atoms with Crippen LogP contribution in [0.4, 0.5) is 13.2 Å². The number of aromatic hydroxyl groups is 1. The number of alkyl halides is 3. The highest BCUT2D eigenvalue weighted by atomic mass is 79.9. The summed E-state index contributed by atoms with van der Waals surface area (Å²) >= 11 is 3.56. The van der Waals surface area contributed by atoms with Gasteiger partial charge in [-0.3, -0.25) is 19.2 Å². The first kappa shape index (κ1) is 48.4. The number of phenolic OH excluding ortho intramolecular Hbond substituents is 1. The number of amides is 3.